The predicted octanol–water partition coefficient (Wildman–Crippen LogP) is 28.4. The molecule has 0 radical (unpaired) electrons. The highest BCUT2D eigenvalue weighted by molar-refractivity contribution is 7.27. The van der Waals surface area contributed by atoms with Gasteiger partial charge in [-0.1, -0.05) is 309 Å². The summed E-state index contributed by atoms with van der Waals surface area (Å²) in [7, 11) is 0. The SMILES string of the molecule is c1ccc(-c2cccc(-c3nc(-c4ccc(-c5ccc6c(c5)sc5cccc(-c7nc(-c8ccccc8)nc(-c8ccccc8)n7)c56)cc4)c4sc5cc(-c6cccc(-c7nc(-c8ccccc8)nc(-c8cccc9sc%10cc(-c%11cccc(-c%12nc(-c%13ccccc%13)nc%13c%12sc%12ccccc%12%13)c%11)ccc%10c89)n7)c6)ccc5c4n3)c2)cc1. The van der Waals surface area contributed by atoms with Gasteiger partial charge < -0.3 is 0 Å². The molecule has 0 saturated heterocycles. The molecular weight excluding hydrogens is 1520 g/mol. The third kappa shape index (κ3) is 12.4. The molecule has 0 saturated carbocycles. The van der Waals surface area contributed by atoms with Crippen LogP contribution < -0.4 is 0 Å². The molecule has 0 N–H and O–H groups in total. The second-order valence-electron chi connectivity index (χ2n) is 29.3. The zero-order valence-corrected chi connectivity index (χ0v) is 66.0. The van der Waals surface area contributed by atoms with Crippen molar-refractivity contribution in [2.24, 2.45) is 0 Å². The number of hydrogen-bond acceptors (Lipinski definition) is 14. The first kappa shape index (κ1) is 68.9. The van der Waals surface area contributed by atoms with Gasteiger partial charge in [-0.15, -0.1) is 45.3 Å². The van der Waals surface area contributed by atoms with E-state index in [1.165, 1.54) is 14.1 Å². The van der Waals surface area contributed by atoms with E-state index < -0.39 is 0 Å². The molecule has 118 heavy (non-hydrogen) atoms. The maximum Gasteiger partial charge on any atom is 0.164 e. The molecule has 0 bridgehead atoms. The van der Waals surface area contributed by atoms with Gasteiger partial charge in [0.15, 0.2) is 46.6 Å². The zero-order chi connectivity index (χ0) is 77.7. The van der Waals surface area contributed by atoms with Crippen LogP contribution in [-0.4, -0.2) is 49.8 Å². The van der Waals surface area contributed by atoms with Crippen molar-refractivity contribution in [1.29, 1.82) is 0 Å². The molecule has 0 unspecified atom stereocenters. The molecule has 15 aromatic carbocycles. The summed E-state index contributed by atoms with van der Waals surface area (Å²) in [6.07, 6.45) is 0. The van der Waals surface area contributed by atoms with Gasteiger partial charge >= 0.3 is 0 Å². The van der Waals surface area contributed by atoms with Crippen LogP contribution in [0, 0.1) is 0 Å². The van der Waals surface area contributed by atoms with Gasteiger partial charge in [0.05, 0.1) is 31.8 Å². The summed E-state index contributed by atoms with van der Waals surface area (Å²) in [4.78, 5) is 52.9. The Morgan fingerprint density at radius 1 is 0.153 bits per heavy atom. The Bertz CT molecular complexity index is 7870. The summed E-state index contributed by atoms with van der Waals surface area (Å²) in [6.45, 7) is 0. The molecule has 0 aliphatic carbocycles. The molecule has 550 valence electrons. The summed E-state index contributed by atoms with van der Waals surface area (Å²) in [5.41, 5.74) is 22.0. The fourth-order valence-corrected chi connectivity index (χ4v) is 21.0. The van der Waals surface area contributed by atoms with E-state index in [9.17, 15) is 0 Å². The van der Waals surface area contributed by atoms with Gasteiger partial charge in [-0.05, 0) is 99.1 Å². The third-order valence-corrected chi connectivity index (χ3v) is 26.6. The van der Waals surface area contributed by atoms with Crippen LogP contribution in [0.15, 0.2) is 364 Å². The maximum absolute atomic E-state index is 5.54. The Hall–Kier alpha value is -14.6. The standard InChI is InChI=1S/C104H60N10S4/c1-6-23-61(24-7-1)68-33-19-37-75(56-68)101-105-91(63-47-45-62(46-48-63)71-49-52-77-86(58-71)115-84-43-21-40-81(89(77)84)103-111-98(65-27-10-3-11-28-65)109-99(112-103)66-29-12-4-13-30-66)95-94(108-101)80-54-51-73(60-88(80)118-95)70-35-20-38-76(57-70)102-110-100(67-31-14-5-15-32-67)113-104(114-102)82-41-22-44-85-90(82)78-53-50-72(59-87(78)116-85)69-34-18-36-74(55-69)92-96-93(79-39-16-17-42-83(79)117-96)107-97(106-92)64-25-8-2-9-26-64/h1-60H. The van der Waals surface area contributed by atoms with E-state index in [0.717, 1.165) is 178 Å². The average molecular weight is 1580 g/mol. The van der Waals surface area contributed by atoms with E-state index in [1.807, 2.05) is 97.1 Å². The molecule has 14 heteroatoms. The van der Waals surface area contributed by atoms with Crippen LogP contribution in [0.5, 0.6) is 0 Å². The van der Waals surface area contributed by atoms with E-state index in [0.29, 0.717) is 46.6 Å². The molecule has 0 spiro atoms. The number of benzene rings is 15. The maximum atomic E-state index is 5.54. The van der Waals surface area contributed by atoms with Crippen molar-refractivity contribution in [3.63, 3.8) is 0 Å². The van der Waals surface area contributed by atoms with Crippen LogP contribution in [0.4, 0.5) is 0 Å². The lowest BCUT2D eigenvalue weighted by Gasteiger charge is -2.11. The highest BCUT2D eigenvalue weighted by atomic mass is 32.1. The molecular formula is C104H60N10S4. The van der Waals surface area contributed by atoms with Crippen molar-refractivity contribution in [1.82, 2.24) is 49.8 Å². The summed E-state index contributed by atoms with van der Waals surface area (Å²) in [5.74, 6) is 5.06. The van der Waals surface area contributed by atoms with Gasteiger partial charge in [0, 0.05) is 116 Å². The lowest BCUT2D eigenvalue weighted by Crippen LogP contribution is -2.00. The molecule has 10 nitrogen and oxygen atoms in total. The van der Waals surface area contributed by atoms with Crippen LogP contribution in [0.1, 0.15) is 0 Å². The normalized spacial score (nSPS) is 11.7. The van der Waals surface area contributed by atoms with Crippen LogP contribution in [0.2, 0.25) is 0 Å². The summed E-state index contributed by atoms with van der Waals surface area (Å²) in [6, 6.07) is 128. The Morgan fingerprint density at radius 3 is 0.932 bits per heavy atom. The largest absolute Gasteiger partial charge is 0.226 e. The van der Waals surface area contributed by atoms with Crippen LogP contribution in [0.3, 0.4) is 0 Å². The topological polar surface area (TPSA) is 129 Å². The van der Waals surface area contributed by atoms with Crippen molar-refractivity contribution in [2.75, 3.05) is 0 Å². The minimum Gasteiger partial charge on any atom is -0.226 e. The fourth-order valence-electron chi connectivity index (χ4n) is 16.3. The second kappa shape index (κ2) is 28.7. The van der Waals surface area contributed by atoms with E-state index >= 15 is 0 Å². The molecule has 0 fully saturated rings. The molecule has 23 aromatic rings. The highest BCUT2D eigenvalue weighted by Gasteiger charge is 2.25. The van der Waals surface area contributed by atoms with Crippen molar-refractivity contribution in [2.45, 2.75) is 0 Å². The monoisotopic (exact) mass is 1580 g/mol. The van der Waals surface area contributed by atoms with Crippen molar-refractivity contribution in [3.8, 4) is 158 Å². The molecule has 0 amide bonds. The van der Waals surface area contributed by atoms with Gasteiger partial charge in [-0.2, -0.15) is 0 Å². The van der Waals surface area contributed by atoms with Gasteiger partial charge in [0.2, 0.25) is 0 Å². The first-order chi connectivity index (χ1) is 58.4. The lowest BCUT2D eigenvalue weighted by atomic mass is 9.99. The number of aromatic nitrogens is 10. The third-order valence-electron chi connectivity index (χ3n) is 22.1. The molecule has 23 rings (SSSR count). The van der Waals surface area contributed by atoms with E-state index in [1.54, 1.807) is 45.3 Å². The number of nitrogens with zero attached hydrogens (tertiary/aromatic N) is 10. The molecule has 8 heterocycles. The van der Waals surface area contributed by atoms with E-state index in [4.69, 9.17) is 49.8 Å². The molecule has 0 aliphatic rings. The summed E-state index contributed by atoms with van der Waals surface area (Å²) in [5, 5.41) is 6.73. The minimum absolute atomic E-state index is 0.581. The van der Waals surface area contributed by atoms with Gasteiger partial charge in [-0.25, -0.2) is 49.8 Å². The Balaban J connectivity index is 0.589. The molecule has 8 aromatic heterocycles. The summed E-state index contributed by atoms with van der Waals surface area (Å²) >= 11 is 7.04. The van der Waals surface area contributed by atoms with E-state index in [-0.39, 0.29) is 0 Å². The van der Waals surface area contributed by atoms with Gasteiger partial charge in [0.1, 0.15) is 0 Å². The molecule has 0 atom stereocenters. The fraction of sp³-hybridized carbons (Fsp3) is 0. The minimum atomic E-state index is 0.581. The van der Waals surface area contributed by atoms with Crippen LogP contribution in [-0.2, 0) is 0 Å². The van der Waals surface area contributed by atoms with E-state index in [2.05, 4.69) is 267 Å². The van der Waals surface area contributed by atoms with Crippen molar-refractivity contribution >= 4 is 126 Å². The molecule has 0 aliphatic heterocycles. The first-order valence-corrected chi connectivity index (χ1v) is 42.2. The summed E-state index contributed by atoms with van der Waals surface area (Å²) < 4.78 is 9.04. The highest BCUT2D eigenvalue weighted by Crippen LogP contribution is 2.48. The number of rotatable bonds is 14. The smallest absolute Gasteiger partial charge is 0.164 e. The Kier molecular flexibility index (Phi) is 16.8. The lowest BCUT2D eigenvalue weighted by molar-refractivity contribution is 1.08. The predicted molar refractivity (Wildman–Crippen MR) is 492 cm³/mol. The quantitative estimate of drug-likeness (QED) is 0.104. The second-order valence-corrected chi connectivity index (χ2v) is 33.6. The number of hydrogen-bond donors (Lipinski definition) is 0. The van der Waals surface area contributed by atoms with Crippen molar-refractivity contribution in [3.05, 3.63) is 364 Å². The Morgan fingerprint density at radius 2 is 0.441 bits per heavy atom. The zero-order valence-electron chi connectivity index (χ0n) is 62.7. The van der Waals surface area contributed by atoms with Gasteiger partial charge in [-0.3, -0.25) is 0 Å². The first-order valence-electron chi connectivity index (χ1n) is 39.0. The van der Waals surface area contributed by atoms with Crippen LogP contribution >= 0.6 is 45.3 Å². The van der Waals surface area contributed by atoms with Crippen molar-refractivity contribution < 1.29 is 0 Å². The Labute approximate surface area is 692 Å². The number of fused-ring (bicyclic) bond motifs is 12. The number of thiophene rings is 4. The average Bonchev–Trinajstić information content (AvgIpc) is 1.53. The van der Waals surface area contributed by atoms with Gasteiger partial charge in [0.25, 0.3) is 0 Å². The van der Waals surface area contributed by atoms with Crippen LogP contribution in [0.25, 0.3) is 239 Å².